The number of alkyl carbamates (subject to hydrolysis) is 1. The van der Waals surface area contributed by atoms with E-state index in [9.17, 15) is 9.90 Å². The number of unbranched alkanes of at least 4 members (excludes halogenated alkanes) is 30. The van der Waals surface area contributed by atoms with E-state index < -0.39 is 11.7 Å². The second-order valence-electron chi connectivity index (χ2n) is 16.8. The third kappa shape index (κ3) is 42.3. The summed E-state index contributed by atoms with van der Waals surface area (Å²) < 4.78 is 23.3. The Hall–Kier alpha value is -0.890. The van der Waals surface area contributed by atoms with Crippen molar-refractivity contribution in [1.29, 1.82) is 0 Å². The van der Waals surface area contributed by atoms with Crippen LogP contribution in [0.4, 0.5) is 4.79 Å². The van der Waals surface area contributed by atoms with Crippen molar-refractivity contribution in [2.75, 3.05) is 46.2 Å². The number of aliphatic hydroxyl groups excluding tert-OH is 1. The van der Waals surface area contributed by atoms with Crippen molar-refractivity contribution in [3.05, 3.63) is 0 Å². The van der Waals surface area contributed by atoms with Gasteiger partial charge >= 0.3 is 6.09 Å². The summed E-state index contributed by atoms with van der Waals surface area (Å²) in [7, 11) is 0. The summed E-state index contributed by atoms with van der Waals surface area (Å²) in [4.78, 5) is 12.3. The van der Waals surface area contributed by atoms with Gasteiger partial charge in [-0.15, -0.1) is 0 Å². The van der Waals surface area contributed by atoms with Crippen molar-refractivity contribution in [2.45, 2.75) is 251 Å². The topological polar surface area (TPSA) is 86.3 Å². The van der Waals surface area contributed by atoms with Gasteiger partial charge in [-0.25, -0.2) is 4.79 Å². The summed E-state index contributed by atoms with van der Waals surface area (Å²) in [6, 6.07) is 0. The van der Waals surface area contributed by atoms with Crippen molar-refractivity contribution in [3.63, 3.8) is 0 Å². The molecule has 0 spiro atoms. The van der Waals surface area contributed by atoms with E-state index in [1.165, 1.54) is 193 Å². The maximum absolute atomic E-state index is 12.3. The van der Waals surface area contributed by atoms with Crippen LogP contribution in [-0.2, 0) is 18.9 Å². The molecular weight excluding hydrogens is 675 g/mol. The fourth-order valence-corrected chi connectivity index (χ4v) is 6.89. The Morgan fingerprint density at radius 3 is 1.26 bits per heavy atom. The summed E-state index contributed by atoms with van der Waals surface area (Å²) in [6.07, 6.45) is 43.4. The predicted molar refractivity (Wildman–Crippen MR) is 231 cm³/mol. The van der Waals surface area contributed by atoms with E-state index in [-0.39, 0.29) is 19.3 Å². The van der Waals surface area contributed by atoms with Crippen LogP contribution in [0.2, 0.25) is 0 Å². The van der Waals surface area contributed by atoms with Gasteiger partial charge in [0.15, 0.2) is 0 Å². The van der Waals surface area contributed by atoms with Crippen LogP contribution in [0.1, 0.15) is 240 Å². The number of aliphatic hydroxyl groups is 1. The molecule has 0 bridgehead atoms. The van der Waals surface area contributed by atoms with Crippen molar-refractivity contribution in [1.82, 2.24) is 5.32 Å². The lowest BCUT2D eigenvalue weighted by atomic mass is 10.0. The first-order valence-electron chi connectivity index (χ1n) is 23.8. The number of amides is 1. The van der Waals surface area contributed by atoms with Gasteiger partial charge in [-0.3, -0.25) is 0 Å². The summed E-state index contributed by atoms with van der Waals surface area (Å²) >= 11 is 0. The van der Waals surface area contributed by atoms with Gasteiger partial charge in [0.25, 0.3) is 0 Å². The number of hydrogen-bond donors (Lipinski definition) is 2. The van der Waals surface area contributed by atoms with Gasteiger partial charge in [-0.05, 0) is 33.1 Å². The first-order valence-corrected chi connectivity index (χ1v) is 23.8. The van der Waals surface area contributed by atoms with Crippen LogP contribution in [0.15, 0.2) is 0 Å². The number of rotatable bonds is 45. The molecule has 54 heavy (non-hydrogen) atoms. The van der Waals surface area contributed by atoms with E-state index in [1.807, 2.05) is 13.8 Å². The zero-order valence-corrected chi connectivity index (χ0v) is 36.9. The molecule has 0 fully saturated rings. The van der Waals surface area contributed by atoms with Crippen molar-refractivity contribution >= 4 is 6.09 Å². The molecule has 0 saturated heterocycles. The van der Waals surface area contributed by atoms with Crippen LogP contribution >= 0.6 is 0 Å². The lowest BCUT2D eigenvalue weighted by Gasteiger charge is -2.22. The van der Waals surface area contributed by atoms with Gasteiger partial charge in [0.2, 0.25) is 0 Å². The van der Waals surface area contributed by atoms with E-state index in [4.69, 9.17) is 18.9 Å². The van der Waals surface area contributed by atoms with E-state index in [1.54, 1.807) is 0 Å². The first kappa shape index (κ1) is 53.1. The predicted octanol–water partition coefficient (Wildman–Crippen LogP) is 13.8. The Balaban J connectivity index is 4.04. The quantitative estimate of drug-likeness (QED) is 0.0600. The molecule has 1 unspecified atom stereocenters. The van der Waals surface area contributed by atoms with Gasteiger partial charge < -0.3 is 29.4 Å². The van der Waals surface area contributed by atoms with Crippen molar-refractivity contribution in [2.24, 2.45) is 0 Å². The zero-order valence-electron chi connectivity index (χ0n) is 36.9. The van der Waals surface area contributed by atoms with Crippen molar-refractivity contribution < 1.29 is 28.8 Å². The molecule has 1 amide bonds. The van der Waals surface area contributed by atoms with Crippen LogP contribution in [0.25, 0.3) is 0 Å². The minimum absolute atomic E-state index is 0.0369. The molecule has 0 aliphatic rings. The Morgan fingerprint density at radius 1 is 0.500 bits per heavy atom. The average molecular weight is 770 g/mol. The number of carbonyl (C=O) groups excluding carboxylic acids is 1. The maximum Gasteiger partial charge on any atom is 0.407 e. The Kier molecular flexibility index (Phi) is 42.5. The van der Waals surface area contributed by atoms with E-state index >= 15 is 0 Å². The molecule has 0 aromatic rings. The van der Waals surface area contributed by atoms with Crippen LogP contribution in [-0.4, -0.2) is 69.1 Å². The number of ether oxygens (including phenoxy) is 4. The number of carbonyl (C=O) groups is 1. The van der Waals surface area contributed by atoms with Gasteiger partial charge in [-0.2, -0.15) is 0 Å². The summed E-state index contributed by atoms with van der Waals surface area (Å²) in [5, 5.41) is 12.1. The molecule has 0 saturated carbocycles. The highest BCUT2D eigenvalue weighted by Gasteiger charge is 2.16. The molecule has 0 aliphatic carbocycles. The minimum atomic E-state index is -0.566. The van der Waals surface area contributed by atoms with Gasteiger partial charge in [0.05, 0.1) is 18.8 Å². The monoisotopic (exact) mass is 770 g/mol. The van der Waals surface area contributed by atoms with Crippen molar-refractivity contribution in [3.8, 4) is 0 Å². The molecule has 0 rings (SSSR count). The summed E-state index contributed by atoms with van der Waals surface area (Å²) in [6.45, 7) is 11.2. The Bertz CT molecular complexity index is 735. The molecule has 0 aromatic heterocycles. The van der Waals surface area contributed by atoms with Gasteiger partial charge in [-0.1, -0.05) is 206 Å². The molecule has 324 valence electrons. The Morgan fingerprint density at radius 2 is 0.870 bits per heavy atom. The molecule has 0 aromatic carbocycles. The average Bonchev–Trinajstić information content (AvgIpc) is 3.17. The lowest BCUT2D eigenvalue weighted by molar-refractivity contribution is -0.0544. The lowest BCUT2D eigenvalue weighted by Crippen LogP contribution is -2.33. The molecule has 7 nitrogen and oxygen atoms in total. The third-order valence-electron chi connectivity index (χ3n) is 10.7. The van der Waals surface area contributed by atoms with Crippen LogP contribution in [0, 0.1) is 0 Å². The molecule has 0 heterocycles. The largest absolute Gasteiger partial charge is 0.447 e. The second kappa shape index (κ2) is 43.2. The molecule has 1 atom stereocenters. The third-order valence-corrected chi connectivity index (χ3v) is 10.7. The normalized spacial score (nSPS) is 12.4. The maximum atomic E-state index is 12.3. The number of hydrogen-bond acceptors (Lipinski definition) is 6. The van der Waals surface area contributed by atoms with Crippen LogP contribution < -0.4 is 5.32 Å². The summed E-state index contributed by atoms with van der Waals surface area (Å²) in [5.74, 6) is 0. The molecular formula is C47H95NO6. The van der Waals surface area contributed by atoms with Gasteiger partial charge in [0.1, 0.15) is 12.7 Å². The summed E-state index contributed by atoms with van der Waals surface area (Å²) in [5.41, 5.74) is -0.566. The SMILES string of the molecule is CCCCCCCCCCCCCCCCCCOCC(COC(=O)NCCCOC(C)(C)CO)OCCCCCCCCCCCCCCCCCC. The van der Waals surface area contributed by atoms with E-state index in [0.29, 0.717) is 32.8 Å². The highest BCUT2D eigenvalue weighted by molar-refractivity contribution is 5.67. The first-order chi connectivity index (χ1) is 26.4. The minimum Gasteiger partial charge on any atom is -0.447 e. The molecule has 0 aliphatic heterocycles. The standard InChI is InChI=1S/C47H95NO6/c1-5-7-9-11-13-15-17-19-21-23-25-27-29-31-33-35-39-51-42-45(43-53-46(50)48-38-37-41-54-47(3,4)44-49)52-40-36-34-32-30-28-26-24-22-20-18-16-14-12-10-8-6-2/h45,49H,5-44H2,1-4H3,(H,48,50). The smallest absolute Gasteiger partial charge is 0.407 e. The van der Waals surface area contributed by atoms with E-state index in [0.717, 1.165) is 19.4 Å². The van der Waals surface area contributed by atoms with Gasteiger partial charge in [0, 0.05) is 26.4 Å². The Labute approximate surface area is 336 Å². The molecule has 0 radical (unpaired) electrons. The fourth-order valence-electron chi connectivity index (χ4n) is 6.89. The number of nitrogens with one attached hydrogen (secondary N) is 1. The second-order valence-corrected chi connectivity index (χ2v) is 16.8. The molecule has 7 heteroatoms. The molecule has 2 N–H and O–H groups in total. The van der Waals surface area contributed by atoms with E-state index in [2.05, 4.69) is 19.2 Å². The fraction of sp³-hybridized carbons (Fsp3) is 0.979. The van der Waals surface area contributed by atoms with Crippen LogP contribution in [0.3, 0.4) is 0 Å². The zero-order chi connectivity index (χ0) is 39.5. The highest BCUT2D eigenvalue weighted by Crippen LogP contribution is 2.16. The van der Waals surface area contributed by atoms with Crippen LogP contribution in [0.5, 0.6) is 0 Å². The highest BCUT2D eigenvalue weighted by atomic mass is 16.6.